The van der Waals surface area contributed by atoms with E-state index in [2.05, 4.69) is 21.3 Å². The number of phenols is 1. The van der Waals surface area contributed by atoms with E-state index < -0.39 is 113 Å². The first-order valence-corrected chi connectivity index (χ1v) is 24.4. The number of nitrogens with two attached hydrogens (primary N) is 1. The minimum atomic E-state index is -1.18. The van der Waals surface area contributed by atoms with Crippen LogP contribution in [0.3, 0.4) is 0 Å². The summed E-state index contributed by atoms with van der Waals surface area (Å²) in [6.07, 6.45) is -1.16. The van der Waals surface area contributed by atoms with Gasteiger partial charge in [-0.3, -0.25) is 52.7 Å². The number of hydrogen-bond acceptors (Lipinski definition) is 14. The first-order valence-electron chi connectivity index (χ1n) is 24.4. The fraction of sp³-hybridized carbons (Fsp3) is 0.660. The highest BCUT2D eigenvalue weighted by atomic mass is 16.4. The highest BCUT2D eigenvalue weighted by Crippen LogP contribution is 2.25. The number of aromatic hydroxyl groups is 1. The number of amides is 5. The molecule has 2 aliphatic rings. The van der Waals surface area contributed by atoms with Crippen molar-refractivity contribution in [2.45, 2.75) is 161 Å². The molecule has 2 saturated heterocycles. The maximum absolute atomic E-state index is 13.6. The van der Waals surface area contributed by atoms with Crippen LogP contribution in [0.25, 0.3) is 0 Å². The molecule has 0 unspecified atom stereocenters. The van der Waals surface area contributed by atoms with E-state index in [1.54, 1.807) is 12.1 Å². The lowest BCUT2D eigenvalue weighted by Gasteiger charge is -2.25. The molecule has 20 heteroatoms. The summed E-state index contributed by atoms with van der Waals surface area (Å²) in [4.78, 5) is 144. The zero-order chi connectivity index (χ0) is 52.2. The molecule has 2 aliphatic heterocycles. The number of carbonyl (C=O) groups is 11. The van der Waals surface area contributed by atoms with Gasteiger partial charge in [-0.2, -0.15) is 0 Å². The van der Waals surface area contributed by atoms with Crippen molar-refractivity contribution in [3.05, 3.63) is 29.8 Å². The van der Waals surface area contributed by atoms with Crippen molar-refractivity contribution in [3.8, 4) is 5.75 Å². The minimum absolute atomic E-state index is 0.0222. The summed E-state index contributed by atoms with van der Waals surface area (Å²) in [6.45, 7) is 8.92. The summed E-state index contributed by atoms with van der Waals surface area (Å²) in [5, 5.41) is 39.8. The Morgan fingerprint density at radius 1 is 0.757 bits per heavy atom. The first kappa shape index (κ1) is 58.4. The SMILES string of the molecule is CC(C)C[C@H](CC(=O)[C@H](CCC(N)=O)NC(=O)CCC(=O)[C@@H]1C[C@@H](O)CN1)C(=O)NCC(=O)C[C@@H](CC(C)C)C(=O)N[C@@H](C)C(=O)CCC(=O)N1CCC[C@H]1C(=O)C[C@@H](Cc1ccc(O)cc1)C(=O)O. The van der Waals surface area contributed by atoms with E-state index in [1.165, 1.54) is 24.0 Å². The van der Waals surface area contributed by atoms with Crippen molar-refractivity contribution in [3.63, 3.8) is 0 Å². The third-order valence-corrected chi connectivity index (χ3v) is 12.7. The quantitative estimate of drug-likeness (QED) is 0.0509. The molecule has 1 aromatic carbocycles. The van der Waals surface area contributed by atoms with Crippen molar-refractivity contribution in [1.82, 2.24) is 26.2 Å². The normalized spacial score (nSPS) is 18.9. The monoisotopic (exact) mass is 983 g/mol. The lowest BCUT2D eigenvalue weighted by Crippen LogP contribution is -2.45. The van der Waals surface area contributed by atoms with E-state index in [4.69, 9.17) is 5.73 Å². The van der Waals surface area contributed by atoms with E-state index >= 15 is 0 Å². The molecule has 70 heavy (non-hydrogen) atoms. The third kappa shape index (κ3) is 20.2. The largest absolute Gasteiger partial charge is 0.508 e. The first-order chi connectivity index (χ1) is 32.9. The van der Waals surface area contributed by atoms with Crippen LogP contribution in [0.4, 0.5) is 0 Å². The van der Waals surface area contributed by atoms with Crippen LogP contribution in [0.1, 0.15) is 130 Å². The lowest BCUT2D eigenvalue weighted by atomic mass is 9.88. The van der Waals surface area contributed by atoms with Crippen molar-refractivity contribution < 1.29 is 68.1 Å². The molecule has 1 aromatic rings. The number of likely N-dealkylation sites (tertiary alicyclic amines) is 1. The second-order valence-corrected chi connectivity index (χ2v) is 19.7. The third-order valence-electron chi connectivity index (χ3n) is 12.7. The van der Waals surface area contributed by atoms with Gasteiger partial charge in [0.1, 0.15) is 11.5 Å². The van der Waals surface area contributed by atoms with Crippen LogP contribution < -0.4 is 27.0 Å². The predicted molar refractivity (Wildman–Crippen MR) is 254 cm³/mol. The second kappa shape index (κ2) is 28.7. The summed E-state index contributed by atoms with van der Waals surface area (Å²) in [6, 6.07) is 2.38. The molecule has 5 amide bonds. The highest BCUT2D eigenvalue weighted by Gasteiger charge is 2.37. The van der Waals surface area contributed by atoms with E-state index in [-0.39, 0.29) is 120 Å². The Bertz CT molecular complexity index is 2040. The van der Waals surface area contributed by atoms with Crippen LogP contribution in [-0.2, 0) is 59.2 Å². The molecule has 0 aromatic heterocycles. The number of carbonyl (C=O) groups excluding carboxylic acids is 10. The number of primary amides is 1. The molecule has 0 aliphatic carbocycles. The average molecular weight is 983 g/mol. The van der Waals surface area contributed by atoms with E-state index in [1.807, 2.05) is 27.7 Å². The molecule has 2 fully saturated rings. The number of rotatable bonds is 32. The zero-order valence-corrected chi connectivity index (χ0v) is 41.2. The summed E-state index contributed by atoms with van der Waals surface area (Å²) in [5.41, 5.74) is 5.96. The summed E-state index contributed by atoms with van der Waals surface area (Å²) in [5.74, 6) is -9.20. The molecule has 9 N–H and O–H groups in total. The maximum atomic E-state index is 13.6. The number of hydrogen-bond donors (Lipinski definition) is 8. The Kier molecular flexibility index (Phi) is 23.9. The number of β-amino-alcohol motifs (C(OH)–C–C–N with tert-alkyl or cyclic N) is 1. The molecule has 2 heterocycles. The van der Waals surface area contributed by atoms with E-state index in [0.717, 1.165) is 0 Å². The summed E-state index contributed by atoms with van der Waals surface area (Å²) < 4.78 is 0. The number of ketones is 5. The number of nitrogens with zero attached hydrogens (tertiary/aromatic N) is 1. The van der Waals surface area contributed by atoms with Crippen molar-refractivity contribution in [2.24, 2.45) is 35.3 Å². The van der Waals surface area contributed by atoms with Crippen LogP contribution in [0.15, 0.2) is 24.3 Å². The Morgan fingerprint density at radius 2 is 1.40 bits per heavy atom. The van der Waals surface area contributed by atoms with Crippen molar-refractivity contribution >= 4 is 64.4 Å². The van der Waals surface area contributed by atoms with Gasteiger partial charge in [-0.25, -0.2) is 0 Å². The van der Waals surface area contributed by atoms with Gasteiger partial charge >= 0.3 is 5.97 Å². The zero-order valence-electron chi connectivity index (χ0n) is 41.2. The fourth-order valence-electron chi connectivity index (χ4n) is 8.95. The molecule has 8 atom stereocenters. The lowest BCUT2D eigenvalue weighted by molar-refractivity contribution is -0.145. The van der Waals surface area contributed by atoms with Crippen molar-refractivity contribution in [2.75, 3.05) is 19.6 Å². The number of aliphatic carboxylic acids is 1. The number of aliphatic hydroxyl groups excluding tert-OH is 1. The molecule has 0 spiro atoms. The topological polar surface area (TPSA) is 326 Å². The standard InChI is InChI=1S/C50H74N6O14/c1-28(2)19-32(49(68)54-30(5)41(60)14-17-47(66)56-18-6-7-40(56)44(63)24-34(50(69)70)21-31-8-10-35(57)11-9-31)22-36(58)27-53-48(67)33(20-29(3)4)23-43(62)38(12-15-45(51)64)55-46(65)16-13-42(61)39-25-37(59)26-52-39/h8-11,28-30,32-34,37-40,52,57,59H,6-7,12-27H2,1-5H3,(H2,51,64)(H,53,67)(H,54,68)(H,55,65)(H,69,70)/t30-,32+,33+,34+,37+,38-,39-,40-/m0/s1. The number of carboxylic acid groups (broad SMARTS) is 1. The number of aliphatic hydroxyl groups is 1. The fourth-order valence-corrected chi connectivity index (χ4v) is 8.95. The van der Waals surface area contributed by atoms with Crippen LogP contribution in [-0.4, -0.2) is 135 Å². The van der Waals surface area contributed by atoms with Gasteiger partial charge in [0, 0.05) is 76.3 Å². The number of phenolic OH excluding ortho intramolecular Hbond substituents is 1. The average Bonchev–Trinajstić information content (AvgIpc) is 3.97. The van der Waals surface area contributed by atoms with Gasteiger partial charge < -0.3 is 47.2 Å². The Hall–Kier alpha value is -5.89. The van der Waals surface area contributed by atoms with Crippen LogP contribution >= 0.6 is 0 Å². The van der Waals surface area contributed by atoms with E-state index in [0.29, 0.717) is 18.4 Å². The molecular weight excluding hydrogens is 909 g/mol. The predicted octanol–water partition coefficient (Wildman–Crippen LogP) is 1.62. The molecule has 0 radical (unpaired) electrons. The van der Waals surface area contributed by atoms with Crippen LogP contribution in [0.2, 0.25) is 0 Å². The summed E-state index contributed by atoms with van der Waals surface area (Å²) in [7, 11) is 0. The van der Waals surface area contributed by atoms with Crippen LogP contribution in [0.5, 0.6) is 5.75 Å². The minimum Gasteiger partial charge on any atom is -0.508 e. The maximum Gasteiger partial charge on any atom is 0.307 e. The highest BCUT2D eigenvalue weighted by molar-refractivity contribution is 5.97. The van der Waals surface area contributed by atoms with Gasteiger partial charge in [0.15, 0.2) is 23.1 Å². The van der Waals surface area contributed by atoms with Gasteiger partial charge in [0.2, 0.25) is 29.5 Å². The number of benzene rings is 1. The number of nitrogens with one attached hydrogen (secondary N) is 4. The van der Waals surface area contributed by atoms with Gasteiger partial charge in [-0.15, -0.1) is 0 Å². The van der Waals surface area contributed by atoms with Crippen LogP contribution in [0, 0.1) is 29.6 Å². The molecule has 0 bridgehead atoms. The molecule has 0 saturated carbocycles. The Balaban J connectivity index is 1.54. The van der Waals surface area contributed by atoms with Gasteiger partial charge in [-0.1, -0.05) is 39.8 Å². The summed E-state index contributed by atoms with van der Waals surface area (Å²) >= 11 is 0. The molecule has 3 rings (SSSR count). The molecular formula is C50H74N6O14. The molecule has 388 valence electrons. The number of carboxylic acids is 1. The van der Waals surface area contributed by atoms with Gasteiger partial charge in [-0.05, 0) is 81.4 Å². The molecule has 20 nitrogen and oxygen atoms in total. The Morgan fingerprint density at radius 3 is 1.99 bits per heavy atom. The van der Waals surface area contributed by atoms with E-state index in [9.17, 15) is 68.1 Å². The number of Topliss-reactive ketones (excluding diaryl/α,β-unsaturated/α-hetero) is 5. The van der Waals surface area contributed by atoms with Gasteiger partial charge in [0.25, 0.3) is 0 Å². The van der Waals surface area contributed by atoms with Crippen molar-refractivity contribution in [1.29, 1.82) is 0 Å². The second-order valence-electron chi connectivity index (χ2n) is 19.7. The smallest absolute Gasteiger partial charge is 0.307 e. The van der Waals surface area contributed by atoms with Gasteiger partial charge in [0.05, 0.1) is 42.7 Å². The Labute approximate surface area is 409 Å².